The van der Waals surface area contributed by atoms with Gasteiger partial charge in [0.1, 0.15) is 0 Å². The Hall–Kier alpha value is -0.480. The summed E-state index contributed by atoms with van der Waals surface area (Å²) in [6.45, 7) is 2.99. The second-order valence-corrected chi connectivity index (χ2v) is 4.59. The predicted octanol–water partition coefficient (Wildman–Crippen LogP) is 2.32. The van der Waals surface area contributed by atoms with Crippen LogP contribution in [0.2, 0.25) is 0 Å². The van der Waals surface area contributed by atoms with E-state index in [4.69, 9.17) is 0 Å². The zero-order valence-corrected chi connectivity index (χ0v) is 8.53. The maximum atomic E-state index is 3.57. The van der Waals surface area contributed by atoms with Gasteiger partial charge in [-0.3, -0.25) is 0 Å². The van der Waals surface area contributed by atoms with Crippen LogP contribution in [0.15, 0.2) is 0 Å². The molecule has 0 aromatic carbocycles. The first kappa shape index (κ1) is 9.09. The van der Waals surface area contributed by atoms with E-state index < -0.39 is 0 Å². The third kappa shape index (κ3) is 1.89. The summed E-state index contributed by atoms with van der Waals surface area (Å²) < 4.78 is 0. The van der Waals surface area contributed by atoms with Crippen LogP contribution in [-0.4, -0.2) is 12.6 Å². The van der Waals surface area contributed by atoms with Crippen molar-refractivity contribution in [1.29, 1.82) is 0 Å². The summed E-state index contributed by atoms with van der Waals surface area (Å²) in [6.07, 6.45) is 8.37. The molecule has 0 heterocycles. The average molecular weight is 177 g/mol. The SMILES string of the molecule is CC#CCCNC1CC2(CCC2)C1. The van der Waals surface area contributed by atoms with Gasteiger partial charge in [0.2, 0.25) is 0 Å². The Morgan fingerprint density at radius 2 is 2.15 bits per heavy atom. The standard InChI is InChI=1S/C12H19N/c1-2-3-4-8-13-11-9-12(10-11)6-5-7-12/h11,13H,4-10H2,1H3. The summed E-state index contributed by atoms with van der Waals surface area (Å²) in [4.78, 5) is 0. The van der Waals surface area contributed by atoms with E-state index in [-0.39, 0.29) is 0 Å². The summed E-state index contributed by atoms with van der Waals surface area (Å²) in [7, 11) is 0. The van der Waals surface area contributed by atoms with Crippen molar-refractivity contribution >= 4 is 0 Å². The summed E-state index contributed by atoms with van der Waals surface area (Å²) >= 11 is 0. The smallest absolute Gasteiger partial charge is 0.0214 e. The van der Waals surface area contributed by atoms with Crippen LogP contribution < -0.4 is 5.32 Å². The molecule has 0 atom stereocenters. The van der Waals surface area contributed by atoms with Crippen LogP contribution in [0.3, 0.4) is 0 Å². The Bertz CT molecular complexity index is 221. The average Bonchev–Trinajstić information content (AvgIpc) is 1.97. The van der Waals surface area contributed by atoms with Gasteiger partial charge in [0.05, 0.1) is 0 Å². The first-order chi connectivity index (χ1) is 6.35. The molecule has 2 aliphatic carbocycles. The summed E-state index contributed by atoms with van der Waals surface area (Å²) in [6, 6.07) is 0.818. The van der Waals surface area contributed by atoms with Gasteiger partial charge >= 0.3 is 0 Å². The van der Waals surface area contributed by atoms with Crippen molar-refractivity contribution in [1.82, 2.24) is 5.32 Å². The van der Waals surface area contributed by atoms with Gasteiger partial charge in [0, 0.05) is 19.0 Å². The maximum Gasteiger partial charge on any atom is 0.0214 e. The highest BCUT2D eigenvalue weighted by Crippen LogP contribution is 2.55. The molecule has 72 valence electrons. The Morgan fingerprint density at radius 3 is 2.69 bits per heavy atom. The highest BCUT2D eigenvalue weighted by atomic mass is 14.9. The summed E-state index contributed by atoms with van der Waals surface area (Å²) in [5, 5.41) is 3.57. The van der Waals surface area contributed by atoms with E-state index in [0.29, 0.717) is 0 Å². The minimum absolute atomic E-state index is 0.814. The molecule has 2 saturated carbocycles. The minimum Gasteiger partial charge on any atom is -0.313 e. The highest BCUT2D eigenvalue weighted by molar-refractivity contribution is 5.03. The summed E-state index contributed by atoms with van der Waals surface area (Å²) in [5.41, 5.74) is 0.814. The largest absolute Gasteiger partial charge is 0.313 e. The third-order valence-electron chi connectivity index (χ3n) is 3.63. The number of hydrogen-bond donors (Lipinski definition) is 1. The Labute approximate surface area is 81.3 Å². The highest BCUT2D eigenvalue weighted by Gasteiger charge is 2.47. The van der Waals surface area contributed by atoms with Gasteiger partial charge in [-0.05, 0) is 38.0 Å². The van der Waals surface area contributed by atoms with Gasteiger partial charge in [-0.1, -0.05) is 6.42 Å². The van der Waals surface area contributed by atoms with E-state index in [1.54, 1.807) is 0 Å². The molecule has 1 spiro atoms. The quantitative estimate of drug-likeness (QED) is 0.515. The van der Waals surface area contributed by atoms with Gasteiger partial charge in [0.15, 0.2) is 0 Å². The summed E-state index contributed by atoms with van der Waals surface area (Å²) in [5.74, 6) is 6.01. The van der Waals surface area contributed by atoms with E-state index in [1.807, 2.05) is 6.92 Å². The van der Waals surface area contributed by atoms with Crippen LogP contribution >= 0.6 is 0 Å². The molecular formula is C12H19N. The van der Waals surface area contributed by atoms with Crippen LogP contribution in [0.4, 0.5) is 0 Å². The van der Waals surface area contributed by atoms with Gasteiger partial charge in [-0.2, -0.15) is 0 Å². The lowest BCUT2D eigenvalue weighted by molar-refractivity contribution is -0.00159. The minimum atomic E-state index is 0.814. The van der Waals surface area contributed by atoms with E-state index in [0.717, 1.165) is 24.4 Å². The van der Waals surface area contributed by atoms with Gasteiger partial charge in [-0.15, -0.1) is 11.8 Å². The lowest BCUT2D eigenvalue weighted by Gasteiger charge is -2.54. The van der Waals surface area contributed by atoms with Crippen molar-refractivity contribution in [2.45, 2.75) is 51.5 Å². The molecule has 1 N–H and O–H groups in total. The zero-order chi connectivity index (χ0) is 9.15. The lowest BCUT2D eigenvalue weighted by Crippen LogP contribution is -2.52. The molecule has 0 saturated heterocycles. The fraction of sp³-hybridized carbons (Fsp3) is 0.833. The van der Waals surface area contributed by atoms with E-state index in [2.05, 4.69) is 17.2 Å². The molecule has 0 aromatic heterocycles. The molecule has 0 aliphatic heterocycles. The van der Waals surface area contributed by atoms with Gasteiger partial charge in [0.25, 0.3) is 0 Å². The molecule has 2 rings (SSSR count). The van der Waals surface area contributed by atoms with Crippen LogP contribution in [-0.2, 0) is 0 Å². The number of nitrogens with one attached hydrogen (secondary N) is 1. The second kappa shape index (κ2) is 3.72. The Kier molecular flexibility index (Phi) is 2.60. The second-order valence-electron chi connectivity index (χ2n) is 4.59. The van der Waals surface area contributed by atoms with Crippen molar-refractivity contribution < 1.29 is 0 Å². The van der Waals surface area contributed by atoms with Crippen LogP contribution in [0, 0.1) is 17.3 Å². The first-order valence-corrected chi connectivity index (χ1v) is 5.48. The maximum absolute atomic E-state index is 3.57. The molecule has 0 unspecified atom stereocenters. The fourth-order valence-electron chi connectivity index (χ4n) is 2.68. The van der Waals surface area contributed by atoms with Crippen molar-refractivity contribution in [2.24, 2.45) is 5.41 Å². The Balaban J connectivity index is 1.55. The predicted molar refractivity (Wildman–Crippen MR) is 55.4 cm³/mol. The van der Waals surface area contributed by atoms with E-state index in [9.17, 15) is 0 Å². The van der Waals surface area contributed by atoms with Crippen molar-refractivity contribution in [3.05, 3.63) is 0 Å². The van der Waals surface area contributed by atoms with Crippen molar-refractivity contribution in [2.75, 3.05) is 6.54 Å². The van der Waals surface area contributed by atoms with Gasteiger partial charge < -0.3 is 5.32 Å². The fourth-order valence-corrected chi connectivity index (χ4v) is 2.68. The van der Waals surface area contributed by atoms with Crippen molar-refractivity contribution in [3.63, 3.8) is 0 Å². The molecular weight excluding hydrogens is 158 g/mol. The molecule has 1 heteroatoms. The molecule has 1 nitrogen and oxygen atoms in total. The number of hydrogen-bond acceptors (Lipinski definition) is 1. The lowest BCUT2D eigenvalue weighted by atomic mass is 9.54. The molecule has 0 bridgehead atoms. The van der Waals surface area contributed by atoms with Crippen LogP contribution in [0.5, 0.6) is 0 Å². The molecule has 2 fully saturated rings. The van der Waals surface area contributed by atoms with E-state index in [1.165, 1.54) is 32.1 Å². The zero-order valence-electron chi connectivity index (χ0n) is 8.53. The van der Waals surface area contributed by atoms with Crippen LogP contribution in [0.1, 0.15) is 45.4 Å². The van der Waals surface area contributed by atoms with E-state index >= 15 is 0 Å². The first-order valence-electron chi connectivity index (χ1n) is 5.48. The third-order valence-corrected chi connectivity index (χ3v) is 3.63. The number of rotatable bonds is 3. The molecule has 2 aliphatic rings. The normalized spacial score (nSPS) is 24.4. The monoisotopic (exact) mass is 177 g/mol. The Morgan fingerprint density at radius 1 is 1.38 bits per heavy atom. The topological polar surface area (TPSA) is 12.0 Å². The van der Waals surface area contributed by atoms with Crippen LogP contribution in [0.25, 0.3) is 0 Å². The molecule has 0 aromatic rings. The molecule has 0 radical (unpaired) electrons. The van der Waals surface area contributed by atoms with Crippen molar-refractivity contribution in [3.8, 4) is 11.8 Å². The molecule has 13 heavy (non-hydrogen) atoms. The van der Waals surface area contributed by atoms with Gasteiger partial charge in [-0.25, -0.2) is 0 Å². The molecule has 0 amide bonds.